The number of amides is 1. The molecule has 1 aromatic rings. The smallest absolute Gasteiger partial charge is 0.408 e. The first-order chi connectivity index (χ1) is 11.5. The normalized spacial score (nSPS) is 13.5. The minimum atomic E-state index is -0.893. The maximum absolute atomic E-state index is 12.4. The van der Waals surface area contributed by atoms with Gasteiger partial charge < -0.3 is 14.8 Å². The number of nitrogens with one attached hydrogen (secondary N) is 1. The molecular formula is C17H24N2O6. The summed E-state index contributed by atoms with van der Waals surface area (Å²) in [6.07, 6.45) is -0.0750. The SMILES string of the molecule is CCC(C)[C@H](NC(=O)OC(C)(C)C)C(=O)Oc1ccc([N+](=O)[O-])cc1. The van der Waals surface area contributed by atoms with Crippen LogP contribution in [0.3, 0.4) is 0 Å². The number of carbonyl (C=O) groups excluding carboxylic acids is 2. The van der Waals surface area contributed by atoms with Crippen LogP contribution >= 0.6 is 0 Å². The lowest BCUT2D eigenvalue weighted by molar-refractivity contribution is -0.384. The van der Waals surface area contributed by atoms with Crippen molar-refractivity contribution >= 4 is 17.7 Å². The Kier molecular flexibility index (Phi) is 6.90. The molecule has 1 rings (SSSR count). The molecular weight excluding hydrogens is 328 g/mol. The van der Waals surface area contributed by atoms with E-state index in [2.05, 4.69) is 5.32 Å². The molecule has 0 spiro atoms. The lowest BCUT2D eigenvalue weighted by Gasteiger charge is -2.25. The summed E-state index contributed by atoms with van der Waals surface area (Å²) in [7, 11) is 0. The third-order valence-corrected chi connectivity index (χ3v) is 3.41. The van der Waals surface area contributed by atoms with Gasteiger partial charge in [-0.3, -0.25) is 10.1 Å². The summed E-state index contributed by atoms with van der Waals surface area (Å²) in [5.74, 6) is -0.679. The van der Waals surface area contributed by atoms with E-state index < -0.39 is 28.6 Å². The number of esters is 1. The van der Waals surface area contributed by atoms with Gasteiger partial charge in [-0.2, -0.15) is 0 Å². The van der Waals surface area contributed by atoms with Crippen molar-refractivity contribution in [2.45, 2.75) is 52.7 Å². The zero-order valence-corrected chi connectivity index (χ0v) is 15.1. The zero-order valence-electron chi connectivity index (χ0n) is 15.1. The Morgan fingerprint density at radius 3 is 2.24 bits per heavy atom. The van der Waals surface area contributed by atoms with E-state index in [0.29, 0.717) is 6.42 Å². The number of nitro groups is 1. The second-order valence-corrected chi connectivity index (χ2v) is 6.68. The van der Waals surface area contributed by atoms with E-state index in [1.165, 1.54) is 24.3 Å². The molecule has 1 amide bonds. The molecule has 138 valence electrons. The highest BCUT2D eigenvalue weighted by molar-refractivity contribution is 5.83. The first-order valence-electron chi connectivity index (χ1n) is 7.99. The van der Waals surface area contributed by atoms with Gasteiger partial charge in [-0.25, -0.2) is 9.59 Å². The zero-order chi connectivity index (χ0) is 19.2. The van der Waals surface area contributed by atoms with Gasteiger partial charge in [0.1, 0.15) is 17.4 Å². The maximum atomic E-state index is 12.4. The molecule has 1 aromatic carbocycles. The van der Waals surface area contributed by atoms with Gasteiger partial charge in [-0.15, -0.1) is 0 Å². The van der Waals surface area contributed by atoms with Crippen LogP contribution in [0.25, 0.3) is 0 Å². The monoisotopic (exact) mass is 352 g/mol. The lowest BCUT2D eigenvalue weighted by atomic mass is 9.99. The Morgan fingerprint density at radius 1 is 1.24 bits per heavy atom. The van der Waals surface area contributed by atoms with Crippen LogP contribution in [0.5, 0.6) is 5.75 Å². The first kappa shape index (κ1) is 20.4. The summed E-state index contributed by atoms with van der Waals surface area (Å²) < 4.78 is 10.4. The van der Waals surface area contributed by atoms with E-state index in [4.69, 9.17) is 9.47 Å². The van der Waals surface area contributed by atoms with Crippen LogP contribution in [0.4, 0.5) is 10.5 Å². The third-order valence-electron chi connectivity index (χ3n) is 3.41. The summed E-state index contributed by atoms with van der Waals surface area (Å²) >= 11 is 0. The quantitative estimate of drug-likeness (QED) is 0.364. The molecule has 0 aliphatic carbocycles. The predicted octanol–water partition coefficient (Wildman–Crippen LogP) is 3.44. The van der Waals surface area contributed by atoms with Crippen LogP contribution in [0.1, 0.15) is 41.0 Å². The second-order valence-electron chi connectivity index (χ2n) is 6.68. The predicted molar refractivity (Wildman–Crippen MR) is 91.3 cm³/mol. The molecule has 0 fully saturated rings. The molecule has 0 saturated carbocycles. The number of hydrogen-bond donors (Lipinski definition) is 1. The summed E-state index contributed by atoms with van der Waals surface area (Å²) in [4.78, 5) is 34.5. The summed E-state index contributed by atoms with van der Waals surface area (Å²) in [6, 6.07) is 4.24. The van der Waals surface area contributed by atoms with Gasteiger partial charge in [-0.05, 0) is 38.8 Å². The van der Waals surface area contributed by atoms with E-state index >= 15 is 0 Å². The van der Waals surface area contributed by atoms with Crippen LogP contribution in [0, 0.1) is 16.0 Å². The Balaban J connectivity index is 2.82. The van der Waals surface area contributed by atoms with Crippen LogP contribution in [0.2, 0.25) is 0 Å². The number of benzene rings is 1. The number of rotatable bonds is 6. The number of non-ortho nitro benzene ring substituents is 1. The van der Waals surface area contributed by atoms with Crippen LogP contribution < -0.4 is 10.1 Å². The van der Waals surface area contributed by atoms with Crippen molar-refractivity contribution in [1.82, 2.24) is 5.32 Å². The van der Waals surface area contributed by atoms with Crippen molar-refractivity contribution in [1.29, 1.82) is 0 Å². The second kappa shape index (κ2) is 8.46. The Labute approximate surface area is 146 Å². The van der Waals surface area contributed by atoms with Crippen LogP contribution in [-0.2, 0) is 9.53 Å². The molecule has 8 heteroatoms. The Morgan fingerprint density at radius 2 is 1.80 bits per heavy atom. The largest absolute Gasteiger partial charge is 0.444 e. The molecule has 0 aliphatic rings. The topological polar surface area (TPSA) is 108 Å². The molecule has 0 aromatic heterocycles. The fraction of sp³-hybridized carbons (Fsp3) is 0.529. The molecule has 8 nitrogen and oxygen atoms in total. The van der Waals surface area contributed by atoms with Crippen LogP contribution in [0.15, 0.2) is 24.3 Å². The van der Waals surface area contributed by atoms with E-state index in [1.54, 1.807) is 27.7 Å². The average Bonchev–Trinajstić information content (AvgIpc) is 2.50. The molecule has 0 radical (unpaired) electrons. The molecule has 25 heavy (non-hydrogen) atoms. The van der Waals surface area contributed by atoms with Crippen molar-refractivity contribution in [3.63, 3.8) is 0 Å². The fourth-order valence-electron chi connectivity index (χ4n) is 1.92. The Bertz CT molecular complexity index is 621. The minimum absolute atomic E-state index is 0.106. The van der Waals surface area contributed by atoms with E-state index in [-0.39, 0.29) is 17.4 Å². The molecule has 1 N–H and O–H groups in total. The number of carbonyl (C=O) groups is 2. The number of nitro benzene ring substituents is 1. The lowest BCUT2D eigenvalue weighted by Crippen LogP contribution is -2.48. The van der Waals surface area contributed by atoms with Gasteiger partial charge >= 0.3 is 12.1 Å². The van der Waals surface area contributed by atoms with E-state index in [0.717, 1.165) is 0 Å². The fourth-order valence-corrected chi connectivity index (χ4v) is 1.92. The van der Waals surface area contributed by atoms with Crippen molar-refractivity contribution in [2.24, 2.45) is 5.92 Å². The van der Waals surface area contributed by atoms with Crippen LogP contribution in [-0.4, -0.2) is 28.6 Å². The van der Waals surface area contributed by atoms with Gasteiger partial charge in [-0.1, -0.05) is 20.3 Å². The Hall–Kier alpha value is -2.64. The van der Waals surface area contributed by atoms with Gasteiger partial charge in [0.15, 0.2) is 0 Å². The van der Waals surface area contributed by atoms with E-state index in [9.17, 15) is 19.7 Å². The number of nitrogens with zero attached hydrogens (tertiary/aromatic N) is 1. The number of alkyl carbamates (subject to hydrolysis) is 1. The minimum Gasteiger partial charge on any atom is -0.444 e. The van der Waals surface area contributed by atoms with Crippen molar-refractivity contribution < 1.29 is 24.0 Å². The third kappa shape index (κ3) is 6.78. The van der Waals surface area contributed by atoms with Gasteiger partial charge in [0.05, 0.1) is 4.92 Å². The van der Waals surface area contributed by atoms with Crippen molar-refractivity contribution in [3.05, 3.63) is 34.4 Å². The highest BCUT2D eigenvalue weighted by atomic mass is 16.6. The van der Waals surface area contributed by atoms with Gasteiger partial charge in [0.2, 0.25) is 0 Å². The first-order valence-corrected chi connectivity index (χ1v) is 7.99. The molecule has 0 bridgehead atoms. The number of ether oxygens (including phenoxy) is 2. The highest BCUT2D eigenvalue weighted by Gasteiger charge is 2.30. The average molecular weight is 352 g/mol. The van der Waals surface area contributed by atoms with Gasteiger partial charge in [0, 0.05) is 12.1 Å². The van der Waals surface area contributed by atoms with Crippen molar-refractivity contribution in [2.75, 3.05) is 0 Å². The van der Waals surface area contributed by atoms with Gasteiger partial charge in [0.25, 0.3) is 5.69 Å². The number of hydrogen-bond acceptors (Lipinski definition) is 6. The highest BCUT2D eigenvalue weighted by Crippen LogP contribution is 2.19. The molecule has 0 heterocycles. The molecule has 0 saturated heterocycles. The summed E-state index contributed by atoms with van der Waals surface area (Å²) in [6.45, 7) is 8.85. The maximum Gasteiger partial charge on any atom is 0.408 e. The molecule has 0 aliphatic heterocycles. The summed E-state index contributed by atoms with van der Waals surface area (Å²) in [5.41, 5.74) is -0.794. The summed E-state index contributed by atoms with van der Waals surface area (Å²) in [5, 5.41) is 13.2. The molecule has 1 unspecified atom stereocenters. The van der Waals surface area contributed by atoms with E-state index in [1.807, 2.05) is 6.92 Å². The standard InChI is InChI=1S/C17H24N2O6/c1-6-11(2)14(18-16(21)25-17(3,4)5)15(20)24-13-9-7-12(8-10-13)19(22)23/h7-11,14H,6H2,1-5H3,(H,18,21)/t11?,14-/m0/s1. The molecule has 2 atom stereocenters. The van der Waals surface area contributed by atoms with Crippen molar-refractivity contribution in [3.8, 4) is 5.75 Å².